The van der Waals surface area contributed by atoms with E-state index in [9.17, 15) is 4.79 Å². The summed E-state index contributed by atoms with van der Waals surface area (Å²) in [5.74, 6) is 1.87. The summed E-state index contributed by atoms with van der Waals surface area (Å²) in [5.41, 5.74) is 3.19. The smallest absolute Gasteiger partial charge is 0.254 e. The number of hydrogen-bond donors (Lipinski definition) is 1. The largest absolute Gasteiger partial charge is 0.493 e. The average molecular weight is 453 g/mol. The molecule has 3 rings (SSSR count). The van der Waals surface area contributed by atoms with Crippen LogP contribution in [0.2, 0.25) is 0 Å². The Balaban J connectivity index is 1.71. The van der Waals surface area contributed by atoms with Crippen molar-refractivity contribution in [1.82, 2.24) is 10.2 Å². The molecule has 180 valence electrons. The van der Waals surface area contributed by atoms with Crippen molar-refractivity contribution in [2.45, 2.75) is 46.1 Å². The number of ether oxygens (including phenoxy) is 2. The molecule has 2 aromatic carbocycles. The number of nitrogens with zero attached hydrogens (tertiary/aromatic N) is 1. The van der Waals surface area contributed by atoms with Gasteiger partial charge in [-0.1, -0.05) is 43.3 Å². The fourth-order valence-electron chi connectivity index (χ4n) is 4.60. The van der Waals surface area contributed by atoms with Crippen LogP contribution in [0.1, 0.15) is 48.7 Å². The average Bonchev–Trinajstić information content (AvgIpc) is 3.26. The molecule has 2 atom stereocenters. The van der Waals surface area contributed by atoms with Gasteiger partial charge in [-0.05, 0) is 74.9 Å². The first-order chi connectivity index (χ1) is 16.0. The molecule has 5 heteroatoms. The molecule has 0 spiro atoms. The third-order valence-electron chi connectivity index (χ3n) is 6.58. The van der Waals surface area contributed by atoms with E-state index in [-0.39, 0.29) is 11.9 Å². The fourth-order valence-corrected chi connectivity index (χ4v) is 4.60. The first-order valence-electron chi connectivity index (χ1n) is 12.3. The van der Waals surface area contributed by atoms with E-state index in [4.69, 9.17) is 9.47 Å². The van der Waals surface area contributed by atoms with Crippen LogP contribution in [0.5, 0.6) is 5.75 Å². The van der Waals surface area contributed by atoms with E-state index in [1.807, 2.05) is 23.1 Å². The number of carbonyl (C=O) groups is 1. The van der Waals surface area contributed by atoms with Crippen LogP contribution >= 0.6 is 0 Å². The second-order valence-electron chi connectivity index (χ2n) is 9.29. The van der Waals surface area contributed by atoms with Gasteiger partial charge in [0.25, 0.3) is 5.91 Å². The maximum Gasteiger partial charge on any atom is 0.254 e. The van der Waals surface area contributed by atoms with Crippen LogP contribution in [-0.2, 0) is 17.6 Å². The van der Waals surface area contributed by atoms with Crippen LogP contribution in [0.4, 0.5) is 0 Å². The third kappa shape index (κ3) is 7.05. The van der Waals surface area contributed by atoms with Crippen molar-refractivity contribution in [2.24, 2.45) is 11.8 Å². The highest BCUT2D eigenvalue weighted by atomic mass is 16.5. The minimum Gasteiger partial charge on any atom is -0.493 e. The molecule has 0 bridgehead atoms. The van der Waals surface area contributed by atoms with Crippen LogP contribution < -0.4 is 10.1 Å². The maximum absolute atomic E-state index is 13.6. The molecule has 5 nitrogen and oxygen atoms in total. The van der Waals surface area contributed by atoms with E-state index < -0.39 is 0 Å². The summed E-state index contributed by atoms with van der Waals surface area (Å²) in [6.45, 7) is 10.3. The van der Waals surface area contributed by atoms with E-state index >= 15 is 0 Å². The molecule has 1 N–H and O–H groups in total. The zero-order chi connectivity index (χ0) is 23.6. The van der Waals surface area contributed by atoms with Gasteiger partial charge in [0.2, 0.25) is 0 Å². The molecule has 0 aliphatic carbocycles. The summed E-state index contributed by atoms with van der Waals surface area (Å²) in [6, 6.07) is 16.7. The molecular formula is C28H40N2O3. The Kier molecular flexibility index (Phi) is 9.76. The van der Waals surface area contributed by atoms with Crippen molar-refractivity contribution in [1.29, 1.82) is 0 Å². The zero-order valence-electron chi connectivity index (χ0n) is 20.7. The summed E-state index contributed by atoms with van der Waals surface area (Å²) in [5, 5.41) is 3.56. The number of rotatable bonds is 12. The number of aryl methyl sites for hydroxylation is 1. The fraction of sp³-hybridized carbons (Fsp3) is 0.536. The number of carbonyl (C=O) groups excluding carboxylic acids is 1. The molecular weight excluding hydrogens is 412 g/mol. The number of methoxy groups -OCH3 is 1. The van der Waals surface area contributed by atoms with Gasteiger partial charge in [-0.25, -0.2) is 0 Å². The van der Waals surface area contributed by atoms with Crippen molar-refractivity contribution < 1.29 is 14.3 Å². The van der Waals surface area contributed by atoms with Crippen molar-refractivity contribution in [3.05, 3.63) is 65.2 Å². The predicted octanol–water partition coefficient (Wildman–Crippen LogP) is 4.59. The van der Waals surface area contributed by atoms with E-state index in [0.29, 0.717) is 30.6 Å². The maximum atomic E-state index is 13.6. The van der Waals surface area contributed by atoms with Crippen molar-refractivity contribution in [2.75, 3.05) is 40.0 Å². The minimum atomic E-state index is 0.0831. The Labute approximate surface area is 199 Å². The van der Waals surface area contributed by atoms with Gasteiger partial charge in [-0.2, -0.15) is 0 Å². The van der Waals surface area contributed by atoms with Crippen LogP contribution in [0.25, 0.3) is 0 Å². The monoisotopic (exact) mass is 452 g/mol. The number of benzene rings is 2. The minimum absolute atomic E-state index is 0.0831. The highest BCUT2D eigenvalue weighted by molar-refractivity contribution is 5.95. The Hall–Kier alpha value is -2.37. The van der Waals surface area contributed by atoms with Crippen LogP contribution in [0, 0.1) is 11.8 Å². The van der Waals surface area contributed by atoms with Gasteiger partial charge in [-0.15, -0.1) is 0 Å². The Morgan fingerprint density at radius 2 is 1.85 bits per heavy atom. The highest BCUT2D eigenvalue weighted by Crippen LogP contribution is 2.26. The summed E-state index contributed by atoms with van der Waals surface area (Å²) in [6.07, 6.45) is 2.74. The molecule has 2 unspecified atom stereocenters. The lowest BCUT2D eigenvalue weighted by atomic mass is 9.89. The topological polar surface area (TPSA) is 50.8 Å². The molecule has 1 aliphatic rings. The van der Waals surface area contributed by atoms with E-state index in [2.05, 4.69) is 56.4 Å². The van der Waals surface area contributed by atoms with Crippen LogP contribution in [0.15, 0.2) is 48.5 Å². The second-order valence-corrected chi connectivity index (χ2v) is 9.29. The normalized spacial score (nSPS) is 18.0. The van der Waals surface area contributed by atoms with Gasteiger partial charge in [0, 0.05) is 38.3 Å². The Morgan fingerprint density at radius 1 is 1.09 bits per heavy atom. The molecule has 1 aliphatic heterocycles. The number of hydrogen-bond acceptors (Lipinski definition) is 4. The summed E-state index contributed by atoms with van der Waals surface area (Å²) in [7, 11) is 1.70. The Morgan fingerprint density at radius 3 is 2.55 bits per heavy atom. The van der Waals surface area contributed by atoms with Crippen LogP contribution in [0.3, 0.4) is 0 Å². The summed E-state index contributed by atoms with van der Waals surface area (Å²) >= 11 is 0. The standard InChI is InChI=1S/C28H40N2O3/c1-5-23-12-13-24(17-27(23)33-15-9-14-32-4)28(31)30(21(2)3)20-26-19-29-18-25(26)16-22-10-7-6-8-11-22/h6-8,10-13,17,21,25-26,29H,5,9,14-16,18-20H2,1-4H3. The molecule has 1 saturated heterocycles. The van der Waals surface area contributed by atoms with E-state index in [0.717, 1.165) is 50.2 Å². The number of nitrogens with one attached hydrogen (secondary N) is 1. The second kappa shape index (κ2) is 12.8. The zero-order valence-corrected chi connectivity index (χ0v) is 20.7. The van der Waals surface area contributed by atoms with Gasteiger partial charge < -0.3 is 19.7 Å². The molecule has 1 heterocycles. The van der Waals surface area contributed by atoms with Gasteiger partial charge in [0.15, 0.2) is 0 Å². The third-order valence-corrected chi connectivity index (χ3v) is 6.58. The Bertz CT molecular complexity index is 869. The molecule has 33 heavy (non-hydrogen) atoms. The predicted molar refractivity (Wildman–Crippen MR) is 134 cm³/mol. The molecule has 0 aromatic heterocycles. The molecule has 1 amide bonds. The number of amides is 1. The van der Waals surface area contributed by atoms with Crippen LogP contribution in [-0.4, -0.2) is 56.8 Å². The quantitative estimate of drug-likeness (QED) is 0.479. The summed E-state index contributed by atoms with van der Waals surface area (Å²) in [4.78, 5) is 15.6. The molecule has 1 fully saturated rings. The SMILES string of the molecule is CCc1ccc(C(=O)N(CC2CNCC2Cc2ccccc2)C(C)C)cc1OCCCOC. The van der Waals surface area contributed by atoms with Crippen molar-refractivity contribution >= 4 is 5.91 Å². The van der Waals surface area contributed by atoms with E-state index in [1.165, 1.54) is 5.56 Å². The van der Waals surface area contributed by atoms with Crippen molar-refractivity contribution in [3.63, 3.8) is 0 Å². The first kappa shape index (κ1) is 25.3. The molecule has 2 aromatic rings. The lowest BCUT2D eigenvalue weighted by Gasteiger charge is -2.32. The van der Waals surface area contributed by atoms with Gasteiger partial charge in [-0.3, -0.25) is 4.79 Å². The van der Waals surface area contributed by atoms with Crippen molar-refractivity contribution in [3.8, 4) is 5.75 Å². The van der Waals surface area contributed by atoms with Gasteiger partial charge in [0.05, 0.1) is 6.61 Å². The van der Waals surface area contributed by atoms with E-state index in [1.54, 1.807) is 7.11 Å². The lowest BCUT2D eigenvalue weighted by molar-refractivity contribution is 0.0661. The first-order valence-corrected chi connectivity index (χ1v) is 12.3. The molecule has 0 radical (unpaired) electrons. The lowest BCUT2D eigenvalue weighted by Crippen LogP contribution is -2.42. The summed E-state index contributed by atoms with van der Waals surface area (Å²) < 4.78 is 11.1. The molecule has 0 saturated carbocycles. The van der Waals surface area contributed by atoms with Gasteiger partial charge >= 0.3 is 0 Å². The highest BCUT2D eigenvalue weighted by Gasteiger charge is 2.31. The van der Waals surface area contributed by atoms with Gasteiger partial charge in [0.1, 0.15) is 5.75 Å².